The number of benzene rings is 3. The number of imide groups is 1. The standard InChI is InChI=1S/C43H46N10O6/c54-39-11-10-38(42(55)44-39)53-28-32-25-29(6-8-35(32)43(53)56)3-2-14-50-17-19-52(20-18-50)22-24-57-23-21-51-15-12-33(13-16-51)58-34-5-1-4-30(26-34)40-36-27-31(41-45-48-49-46-41)7-9-37(36)47-59-40/h1,4-9,25-27,33,38H,10-24,28H2,(H,44,54,55)(H,45,46,48,49). The fourth-order valence-electron chi connectivity index (χ4n) is 8.29. The van der Waals surface area contributed by atoms with Crippen molar-refractivity contribution >= 4 is 28.6 Å². The molecule has 4 aliphatic heterocycles. The van der Waals surface area contributed by atoms with E-state index in [-0.39, 0.29) is 24.3 Å². The largest absolute Gasteiger partial charge is 0.490 e. The molecule has 0 aliphatic carbocycles. The first-order chi connectivity index (χ1) is 28.9. The van der Waals surface area contributed by atoms with Gasteiger partial charge in [0, 0.05) is 87.6 Å². The first kappa shape index (κ1) is 38.5. The van der Waals surface area contributed by atoms with Gasteiger partial charge in [-0.25, -0.2) is 0 Å². The number of carbonyl (C=O) groups is 3. The highest BCUT2D eigenvalue weighted by Gasteiger charge is 2.39. The van der Waals surface area contributed by atoms with Crippen LogP contribution < -0.4 is 10.1 Å². The Morgan fingerprint density at radius 1 is 0.847 bits per heavy atom. The number of carbonyl (C=O) groups excluding carboxylic acids is 3. The summed E-state index contributed by atoms with van der Waals surface area (Å²) in [5.74, 6) is 7.71. The highest BCUT2D eigenvalue weighted by atomic mass is 16.5. The molecule has 0 spiro atoms. The number of tetrazole rings is 1. The molecule has 16 nitrogen and oxygen atoms in total. The van der Waals surface area contributed by atoms with E-state index in [9.17, 15) is 14.4 Å². The van der Waals surface area contributed by atoms with Gasteiger partial charge in [0.1, 0.15) is 23.4 Å². The van der Waals surface area contributed by atoms with E-state index in [4.69, 9.17) is 14.0 Å². The minimum atomic E-state index is -0.614. The topological polar surface area (TPSA) is 175 Å². The molecule has 0 saturated carbocycles. The Kier molecular flexibility index (Phi) is 11.4. The van der Waals surface area contributed by atoms with Crippen molar-refractivity contribution in [3.05, 3.63) is 77.4 Å². The van der Waals surface area contributed by atoms with Crippen molar-refractivity contribution in [1.82, 2.24) is 50.7 Å². The second kappa shape index (κ2) is 17.5. The molecule has 2 N–H and O–H groups in total. The molecule has 3 aromatic carbocycles. The molecule has 1 unspecified atom stereocenters. The van der Waals surface area contributed by atoms with Gasteiger partial charge in [0.15, 0.2) is 5.76 Å². The number of nitrogens with zero attached hydrogens (tertiary/aromatic N) is 8. The molecular weight excluding hydrogens is 753 g/mol. The van der Waals surface area contributed by atoms with Crippen LogP contribution in [0.4, 0.5) is 0 Å². The predicted octanol–water partition coefficient (Wildman–Crippen LogP) is 2.97. The molecule has 1 atom stereocenters. The third-order valence-electron chi connectivity index (χ3n) is 11.6. The van der Waals surface area contributed by atoms with Gasteiger partial charge in [0.25, 0.3) is 5.91 Å². The zero-order chi connectivity index (χ0) is 40.1. The van der Waals surface area contributed by atoms with Crippen molar-refractivity contribution < 1.29 is 28.4 Å². The van der Waals surface area contributed by atoms with Crippen molar-refractivity contribution in [2.45, 2.75) is 44.4 Å². The summed E-state index contributed by atoms with van der Waals surface area (Å²) >= 11 is 0. The van der Waals surface area contributed by atoms with E-state index in [0.717, 1.165) is 111 Å². The third-order valence-corrected chi connectivity index (χ3v) is 11.6. The number of fused-ring (bicyclic) bond motifs is 2. The van der Waals surface area contributed by atoms with E-state index in [1.54, 1.807) is 11.0 Å². The molecule has 16 heteroatoms. The monoisotopic (exact) mass is 798 g/mol. The highest BCUT2D eigenvalue weighted by molar-refractivity contribution is 6.05. The van der Waals surface area contributed by atoms with Crippen molar-refractivity contribution in [1.29, 1.82) is 0 Å². The van der Waals surface area contributed by atoms with Crippen molar-refractivity contribution in [3.63, 3.8) is 0 Å². The summed E-state index contributed by atoms with van der Waals surface area (Å²) in [5.41, 5.74) is 4.80. The molecule has 59 heavy (non-hydrogen) atoms. The summed E-state index contributed by atoms with van der Waals surface area (Å²) in [4.78, 5) is 45.7. The second-order valence-electron chi connectivity index (χ2n) is 15.5. The van der Waals surface area contributed by atoms with Crippen molar-refractivity contribution in [3.8, 4) is 40.3 Å². The summed E-state index contributed by atoms with van der Waals surface area (Å²) < 4.78 is 18.3. The zero-order valence-electron chi connectivity index (χ0n) is 32.8. The Bertz CT molecular complexity index is 2370. The number of aromatic amines is 1. The van der Waals surface area contributed by atoms with E-state index >= 15 is 0 Å². The molecule has 3 fully saturated rings. The molecule has 3 saturated heterocycles. The number of rotatable bonds is 12. The van der Waals surface area contributed by atoms with E-state index in [1.807, 2.05) is 54.6 Å². The number of nitrogens with one attached hydrogen (secondary N) is 2. The molecule has 304 valence electrons. The Balaban J connectivity index is 0.652. The number of hydrogen-bond donors (Lipinski definition) is 2. The molecule has 2 aromatic heterocycles. The van der Waals surface area contributed by atoms with Gasteiger partial charge in [-0.1, -0.05) is 29.1 Å². The van der Waals surface area contributed by atoms with Crippen LogP contribution in [0, 0.1) is 11.8 Å². The van der Waals surface area contributed by atoms with Crippen LogP contribution in [0.1, 0.15) is 47.2 Å². The van der Waals surface area contributed by atoms with Crippen LogP contribution in [0.25, 0.3) is 33.6 Å². The Labute approximate surface area is 341 Å². The average molecular weight is 799 g/mol. The Morgan fingerprint density at radius 2 is 1.66 bits per heavy atom. The maximum atomic E-state index is 13.0. The van der Waals surface area contributed by atoms with Crippen molar-refractivity contribution in [2.24, 2.45) is 0 Å². The number of piperidine rings is 2. The fourth-order valence-corrected chi connectivity index (χ4v) is 8.29. The Morgan fingerprint density at radius 3 is 2.46 bits per heavy atom. The summed E-state index contributed by atoms with van der Waals surface area (Å²) in [6, 6.07) is 18.7. The molecule has 4 aliphatic rings. The smallest absolute Gasteiger partial charge is 0.255 e. The van der Waals surface area contributed by atoms with Gasteiger partial charge in [-0.15, -0.1) is 10.2 Å². The number of likely N-dealkylation sites (tertiary alicyclic amines) is 1. The first-order valence-corrected chi connectivity index (χ1v) is 20.3. The SMILES string of the molecule is O=C1CCC(N2Cc3cc(C#CCN4CCN(CCOCCN5CCC(Oc6cccc(-c7onc8ccc(-c9nn[nH]n9)cc78)c6)CC5)CC4)ccc3C2=O)C(=O)N1. The lowest BCUT2D eigenvalue weighted by atomic mass is 10.0. The minimum absolute atomic E-state index is 0.147. The minimum Gasteiger partial charge on any atom is -0.490 e. The average Bonchev–Trinajstić information content (AvgIpc) is 4.02. The lowest BCUT2D eigenvalue weighted by Gasteiger charge is -2.34. The lowest BCUT2D eigenvalue weighted by molar-refractivity contribution is -0.136. The van der Waals surface area contributed by atoms with Crippen LogP contribution in [0.2, 0.25) is 0 Å². The highest BCUT2D eigenvalue weighted by Crippen LogP contribution is 2.34. The molecule has 3 amide bonds. The number of hydrogen-bond acceptors (Lipinski definition) is 13. The van der Waals surface area contributed by atoms with Crippen LogP contribution in [-0.4, -0.2) is 147 Å². The zero-order valence-corrected chi connectivity index (χ0v) is 32.8. The summed E-state index contributed by atoms with van der Waals surface area (Å²) in [7, 11) is 0. The van der Waals surface area contributed by atoms with Crippen LogP contribution in [0.15, 0.2) is 65.2 Å². The number of H-pyrrole nitrogens is 1. The maximum Gasteiger partial charge on any atom is 0.255 e. The van der Waals surface area contributed by atoms with Gasteiger partial charge in [0.2, 0.25) is 17.6 Å². The Hall–Kier alpha value is -5.99. The number of aromatic nitrogens is 5. The normalized spacial score (nSPS) is 19.5. The van der Waals surface area contributed by atoms with Gasteiger partial charge < -0.3 is 23.8 Å². The molecule has 5 aromatic rings. The second-order valence-corrected chi connectivity index (χ2v) is 15.5. The number of ether oxygens (including phenoxy) is 2. The van der Waals surface area contributed by atoms with Crippen LogP contribution in [0.3, 0.4) is 0 Å². The van der Waals surface area contributed by atoms with Crippen LogP contribution in [0.5, 0.6) is 5.75 Å². The van der Waals surface area contributed by atoms with E-state index in [2.05, 4.69) is 57.6 Å². The van der Waals surface area contributed by atoms with E-state index < -0.39 is 11.9 Å². The number of amides is 3. The van der Waals surface area contributed by atoms with E-state index in [1.165, 1.54) is 0 Å². The van der Waals surface area contributed by atoms with Gasteiger partial charge in [-0.05, 0) is 78.6 Å². The first-order valence-electron chi connectivity index (χ1n) is 20.3. The lowest BCUT2D eigenvalue weighted by Crippen LogP contribution is -2.52. The summed E-state index contributed by atoms with van der Waals surface area (Å²) in [5, 5.41) is 21.8. The van der Waals surface area contributed by atoms with Gasteiger partial charge in [-0.3, -0.25) is 29.5 Å². The third kappa shape index (κ3) is 8.88. The van der Waals surface area contributed by atoms with E-state index in [0.29, 0.717) is 43.3 Å². The quantitative estimate of drug-likeness (QED) is 0.107. The summed E-state index contributed by atoms with van der Waals surface area (Å²) in [6.07, 6.45) is 2.65. The maximum absolute atomic E-state index is 13.0. The summed E-state index contributed by atoms with van der Waals surface area (Å²) in [6.45, 7) is 10.1. The predicted molar refractivity (Wildman–Crippen MR) is 216 cm³/mol. The fraction of sp³-hybridized carbons (Fsp3) is 0.419. The molecule has 0 bridgehead atoms. The van der Waals surface area contributed by atoms with Crippen LogP contribution in [-0.2, 0) is 20.9 Å². The molecular formula is C43H46N10O6. The van der Waals surface area contributed by atoms with Gasteiger partial charge in [0.05, 0.1) is 25.1 Å². The number of piperazine rings is 1. The molecule has 9 rings (SSSR count). The van der Waals surface area contributed by atoms with Crippen molar-refractivity contribution in [2.75, 3.05) is 72.1 Å². The molecule has 6 heterocycles. The van der Waals surface area contributed by atoms with Gasteiger partial charge in [-0.2, -0.15) is 5.21 Å². The molecule has 0 radical (unpaired) electrons. The van der Waals surface area contributed by atoms with Gasteiger partial charge >= 0.3 is 0 Å². The van der Waals surface area contributed by atoms with Crippen LogP contribution >= 0.6 is 0 Å².